The first-order valence-corrected chi connectivity index (χ1v) is 10.2. The first-order chi connectivity index (χ1) is 14.2. The predicted octanol–water partition coefficient (Wildman–Crippen LogP) is 5.02. The first-order valence-electron chi connectivity index (χ1n) is 9.19. The van der Waals surface area contributed by atoms with Gasteiger partial charge in [0.1, 0.15) is 24.2 Å². The van der Waals surface area contributed by atoms with Gasteiger partial charge in [0.05, 0.1) is 5.56 Å². The van der Waals surface area contributed by atoms with Crippen molar-refractivity contribution in [3.05, 3.63) is 59.7 Å². The van der Waals surface area contributed by atoms with Crippen molar-refractivity contribution in [3.63, 3.8) is 0 Å². The van der Waals surface area contributed by atoms with Gasteiger partial charge in [0, 0.05) is 12.4 Å². The van der Waals surface area contributed by atoms with E-state index in [-0.39, 0.29) is 18.1 Å². The van der Waals surface area contributed by atoms with Crippen molar-refractivity contribution in [2.45, 2.75) is 31.6 Å². The number of aryl methyl sites for hydroxylation is 1. The normalized spacial score (nSPS) is 13.5. The molecule has 2 aromatic rings. The molecule has 0 aromatic heterocycles. The number of carboxylic acid groups (broad SMARTS) is 1. The van der Waals surface area contributed by atoms with Crippen molar-refractivity contribution < 1.29 is 37.3 Å². The van der Waals surface area contributed by atoms with Gasteiger partial charge in [-0.2, -0.15) is 13.2 Å². The summed E-state index contributed by atoms with van der Waals surface area (Å²) in [7, 11) is 0. The van der Waals surface area contributed by atoms with Crippen LogP contribution in [-0.4, -0.2) is 41.6 Å². The van der Waals surface area contributed by atoms with Gasteiger partial charge >= 0.3 is 12.1 Å². The average molecular weight is 444 g/mol. The third kappa shape index (κ3) is 7.46. The molecule has 0 aliphatic heterocycles. The Kier molecular flexibility index (Phi) is 8.86. The molecule has 0 saturated heterocycles. The third-order valence-electron chi connectivity index (χ3n) is 3.98. The fraction of sp³-hybridized carbons (Fsp3) is 0.381. The molecular weight excluding hydrogens is 421 g/mol. The summed E-state index contributed by atoms with van der Waals surface area (Å²) in [5.74, 6) is -0.116. The van der Waals surface area contributed by atoms with Crippen molar-refractivity contribution in [2.75, 3.05) is 19.0 Å². The standard InChI is InChI=1S/C21H23F3O5S/c1-3-27-17(12-28-16-10-8-15(9-11-16)21(22,23)24)13-30-20(19(25)26)29-18-7-5-4-6-14(18)2/h4-11,17,20H,3,12-13H2,1-2H3,(H,25,26). The second-order valence-electron chi connectivity index (χ2n) is 6.30. The first kappa shape index (κ1) is 23.9. The third-order valence-corrected chi connectivity index (χ3v) is 5.15. The molecule has 0 fully saturated rings. The zero-order valence-electron chi connectivity index (χ0n) is 16.5. The van der Waals surface area contributed by atoms with E-state index in [1.165, 1.54) is 12.1 Å². The highest BCUT2D eigenvalue weighted by Gasteiger charge is 2.30. The van der Waals surface area contributed by atoms with Crippen molar-refractivity contribution >= 4 is 17.7 Å². The van der Waals surface area contributed by atoms with Crippen LogP contribution in [0.5, 0.6) is 11.5 Å². The maximum atomic E-state index is 12.6. The number of rotatable bonds is 11. The van der Waals surface area contributed by atoms with Gasteiger partial charge in [-0.3, -0.25) is 0 Å². The molecule has 0 aliphatic carbocycles. The fourth-order valence-corrected chi connectivity index (χ4v) is 3.36. The van der Waals surface area contributed by atoms with Crippen LogP contribution in [-0.2, 0) is 15.7 Å². The highest BCUT2D eigenvalue weighted by atomic mass is 32.2. The molecular formula is C21H23F3O5S. The summed E-state index contributed by atoms with van der Waals surface area (Å²) in [6.45, 7) is 4.04. The molecule has 30 heavy (non-hydrogen) atoms. The molecule has 1 N–H and O–H groups in total. The van der Waals surface area contributed by atoms with E-state index in [9.17, 15) is 23.1 Å². The minimum absolute atomic E-state index is 0.0584. The van der Waals surface area contributed by atoms with Crippen LogP contribution in [0, 0.1) is 6.92 Å². The van der Waals surface area contributed by atoms with Crippen LogP contribution in [0.2, 0.25) is 0 Å². The van der Waals surface area contributed by atoms with E-state index in [0.717, 1.165) is 29.5 Å². The van der Waals surface area contributed by atoms with Gasteiger partial charge in [-0.1, -0.05) is 18.2 Å². The molecule has 0 aliphatic rings. The predicted molar refractivity (Wildman–Crippen MR) is 108 cm³/mol. The number of hydrogen-bond acceptors (Lipinski definition) is 5. The monoisotopic (exact) mass is 444 g/mol. The summed E-state index contributed by atoms with van der Waals surface area (Å²) in [6, 6.07) is 11.5. The number of halogens is 3. The Labute approximate surface area is 177 Å². The lowest BCUT2D eigenvalue weighted by atomic mass is 10.2. The highest BCUT2D eigenvalue weighted by Crippen LogP contribution is 2.30. The summed E-state index contributed by atoms with van der Waals surface area (Å²) in [4.78, 5) is 11.6. The number of alkyl halides is 3. The van der Waals surface area contributed by atoms with Crippen LogP contribution in [0.4, 0.5) is 13.2 Å². The summed E-state index contributed by atoms with van der Waals surface area (Å²) in [5, 5.41) is 9.46. The number of thioether (sulfide) groups is 1. The summed E-state index contributed by atoms with van der Waals surface area (Å²) >= 11 is 1.05. The van der Waals surface area contributed by atoms with E-state index < -0.39 is 29.2 Å². The molecule has 0 saturated carbocycles. The zero-order valence-corrected chi connectivity index (χ0v) is 17.3. The zero-order chi connectivity index (χ0) is 22.1. The second-order valence-corrected chi connectivity index (χ2v) is 7.39. The molecule has 2 atom stereocenters. The van der Waals surface area contributed by atoms with Crippen LogP contribution in [0.15, 0.2) is 48.5 Å². The Morgan fingerprint density at radius 3 is 2.37 bits per heavy atom. The minimum Gasteiger partial charge on any atom is -0.491 e. The number of ether oxygens (including phenoxy) is 3. The van der Waals surface area contributed by atoms with E-state index in [1.807, 2.05) is 19.1 Å². The van der Waals surface area contributed by atoms with E-state index in [2.05, 4.69) is 0 Å². The van der Waals surface area contributed by atoms with E-state index in [0.29, 0.717) is 12.4 Å². The van der Waals surface area contributed by atoms with Crippen molar-refractivity contribution in [1.29, 1.82) is 0 Å². The maximum absolute atomic E-state index is 12.6. The Bertz CT molecular complexity index is 811. The molecule has 5 nitrogen and oxygen atoms in total. The van der Waals surface area contributed by atoms with Crippen LogP contribution in [0.1, 0.15) is 18.1 Å². The van der Waals surface area contributed by atoms with Crippen molar-refractivity contribution in [2.24, 2.45) is 0 Å². The average Bonchev–Trinajstić information content (AvgIpc) is 2.69. The molecule has 0 radical (unpaired) electrons. The molecule has 9 heteroatoms. The van der Waals surface area contributed by atoms with Crippen molar-refractivity contribution in [3.8, 4) is 11.5 Å². The van der Waals surface area contributed by atoms with Gasteiger partial charge in [-0.15, -0.1) is 11.8 Å². The quantitative estimate of drug-likeness (QED) is 0.491. The van der Waals surface area contributed by atoms with Crippen LogP contribution in [0.25, 0.3) is 0 Å². The van der Waals surface area contributed by atoms with Gasteiger partial charge in [0.2, 0.25) is 5.44 Å². The molecule has 2 aromatic carbocycles. The number of aliphatic carboxylic acids is 1. The largest absolute Gasteiger partial charge is 0.491 e. The molecule has 0 heterocycles. The van der Waals surface area contributed by atoms with Gasteiger partial charge < -0.3 is 19.3 Å². The smallest absolute Gasteiger partial charge is 0.416 e. The number of carbonyl (C=O) groups is 1. The number of carboxylic acids is 1. The Hall–Kier alpha value is -2.39. The van der Waals surface area contributed by atoms with E-state index in [1.54, 1.807) is 19.1 Å². The van der Waals surface area contributed by atoms with E-state index in [4.69, 9.17) is 14.2 Å². The van der Waals surface area contributed by atoms with Crippen LogP contribution >= 0.6 is 11.8 Å². The lowest BCUT2D eigenvalue weighted by Crippen LogP contribution is -2.30. The molecule has 2 rings (SSSR count). The van der Waals surface area contributed by atoms with Gasteiger partial charge in [-0.25, -0.2) is 4.79 Å². The van der Waals surface area contributed by atoms with Crippen LogP contribution < -0.4 is 9.47 Å². The van der Waals surface area contributed by atoms with Crippen molar-refractivity contribution in [1.82, 2.24) is 0 Å². The SMILES string of the molecule is CCOC(COc1ccc(C(F)(F)F)cc1)CSC(Oc1ccccc1C)C(=O)O. The van der Waals surface area contributed by atoms with Gasteiger partial charge in [0.15, 0.2) is 0 Å². The number of hydrogen-bond donors (Lipinski definition) is 1. The second kappa shape index (κ2) is 11.1. The summed E-state index contributed by atoms with van der Waals surface area (Å²) < 4.78 is 54.6. The summed E-state index contributed by atoms with van der Waals surface area (Å²) in [5.41, 5.74) is -1.08. The molecule has 0 amide bonds. The number of para-hydroxylation sites is 1. The van der Waals surface area contributed by atoms with Gasteiger partial charge in [-0.05, 0) is 49.7 Å². The van der Waals surface area contributed by atoms with Gasteiger partial charge in [0.25, 0.3) is 0 Å². The maximum Gasteiger partial charge on any atom is 0.416 e. The van der Waals surface area contributed by atoms with E-state index >= 15 is 0 Å². The highest BCUT2D eigenvalue weighted by molar-refractivity contribution is 8.00. The minimum atomic E-state index is -4.41. The lowest BCUT2D eigenvalue weighted by Gasteiger charge is -2.21. The molecule has 164 valence electrons. The Balaban J connectivity index is 1.93. The topological polar surface area (TPSA) is 65.0 Å². The fourth-order valence-electron chi connectivity index (χ4n) is 2.46. The lowest BCUT2D eigenvalue weighted by molar-refractivity contribution is -0.141. The molecule has 2 unspecified atom stereocenters. The van der Waals surface area contributed by atoms with Crippen LogP contribution in [0.3, 0.4) is 0 Å². The molecule has 0 spiro atoms. The Morgan fingerprint density at radius 1 is 1.13 bits per heavy atom. The molecule has 0 bridgehead atoms. The summed E-state index contributed by atoms with van der Waals surface area (Å²) in [6.07, 6.45) is -4.88. The Morgan fingerprint density at radius 2 is 1.80 bits per heavy atom. The number of benzene rings is 2.